The largest absolute Gasteiger partial charge is 0.491 e. The third kappa shape index (κ3) is 1.84. The van der Waals surface area contributed by atoms with Gasteiger partial charge in [-0.2, -0.15) is 0 Å². The summed E-state index contributed by atoms with van der Waals surface area (Å²) < 4.78 is 1.99. The van der Waals surface area contributed by atoms with Crippen molar-refractivity contribution in [3.8, 4) is 5.69 Å². The lowest BCUT2D eigenvalue weighted by Crippen LogP contribution is -1.97. The lowest BCUT2D eigenvalue weighted by atomic mass is 10.4. The van der Waals surface area contributed by atoms with Crippen LogP contribution in [-0.4, -0.2) is 24.7 Å². The molecule has 0 bridgehead atoms. The predicted molar refractivity (Wildman–Crippen MR) is 53.5 cm³/mol. The van der Waals surface area contributed by atoms with E-state index in [0.29, 0.717) is 10.2 Å². The van der Waals surface area contributed by atoms with E-state index in [9.17, 15) is 10.1 Å². The monoisotopic (exact) mass is 269 g/mol. The van der Waals surface area contributed by atoms with Crippen LogP contribution in [0, 0.1) is 10.1 Å². The summed E-state index contributed by atoms with van der Waals surface area (Å²) in [7, 11) is 0. The fraction of sp³-hybridized carbons (Fsp3) is 0. The number of hydrogen-bond donors (Lipinski definition) is 0. The van der Waals surface area contributed by atoms with E-state index in [-0.39, 0.29) is 0 Å². The van der Waals surface area contributed by atoms with Crippen molar-refractivity contribution < 1.29 is 4.92 Å². The molecule has 0 aliphatic rings. The molecule has 0 atom stereocenters. The smallest absolute Gasteiger partial charge is 0.390 e. The number of nitro groups is 1. The molecular weight excluding hydrogens is 266 g/mol. The zero-order valence-corrected chi connectivity index (χ0v) is 8.83. The van der Waals surface area contributed by atoms with E-state index in [1.807, 2.05) is 0 Å². The zero-order chi connectivity index (χ0) is 10.8. The quantitative estimate of drug-likeness (QED) is 0.606. The van der Waals surface area contributed by atoms with Gasteiger partial charge < -0.3 is 10.1 Å². The van der Waals surface area contributed by atoms with Crippen molar-refractivity contribution in [2.75, 3.05) is 0 Å². The Balaban J connectivity index is 2.46. The van der Waals surface area contributed by atoms with Gasteiger partial charge in [-0.25, -0.2) is 0 Å². The minimum absolute atomic E-state index is 0.432. The summed E-state index contributed by atoms with van der Waals surface area (Å²) in [6, 6.07) is 1.67. The third-order valence-corrected chi connectivity index (χ3v) is 2.25. The maximum atomic E-state index is 10.4. The van der Waals surface area contributed by atoms with E-state index in [4.69, 9.17) is 0 Å². The van der Waals surface area contributed by atoms with Crippen LogP contribution in [0.25, 0.3) is 5.69 Å². The zero-order valence-electron chi connectivity index (χ0n) is 7.24. The molecule has 0 fully saturated rings. The van der Waals surface area contributed by atoms with Gasteiger partial charge in [0.25, 0.3) is 0 Å². The molecule has 0 saturated heterocycles. The van der Waals surface area contributed by atoms with Crippen LogP contribution >= 0.6 is 15.9 Å². The molecule has 0 aliphatic carbocycles. The molecule has 0 unspecified atom stereocenters. The molecule has 2 aromatic rings. The second-order valence-electron chi connectivity index (χ2n) is 2.57. The van der Waals surface area contributed by atoms with Gasteiger partial charge in [-0.1, -0.05) is 4.98 Å². The molecule has 2 heterocycles. The fourth-order valence-corrected chi connectivity index (χ4v) is 1.44. The molecule has 0 N–H and O–H groups in total. The Morgan fingerprint density at radius 3 is 2.93 bits per heavy atom. The van der Waals surface area contributed by atoms with E-state index < -0.39 is 10.9 Å². The van der Waals surface area contributed by atoms with Gasteiger partial charge in [-0.05, 0) is 26.9 Å². The van der Waals surface area contributed by atoms with Gasteiger partial charge in [0.05, 0.1) is 4.47 Å². The van der Waals surface area contributed by atoms with Gasteiger partial charge in [-0.3, -0.25) is 4.98 Å². The minimum atomic E-state index is -0.647. The van der Waals surface area contributed by atoms with Crippen LogP contribution in [-0.2, 0) is 0 Å². The van der Waals surface area contributed by atoms with Crippen LogP contribution in [0.3, 0.4) is 0 Å². The van der Waals surface area contributed by atoms with E-state index in [2.05, 4.69) is 31.0 Å². The average Bonchev–Trinajstić information content (AvgIpc) is 2.67. The molecule has 7 nitrogen and oxygen atoms in total. The molecule has 2 rings (SSSR count). The Bertz CT molecular complexity index is 512. The highest BCUT2D eigenvalue weighted by atomic mass is 79.9. The Labute approximate surface area is 92.1 Å². The van der Waals surface area contributed by atoms with E-state index in [1.165, 1.54) is 11.0 Å². The minimum Gasteiger partial charge on any atom is -0.390 e. The first-order valence-corrected chi connectivity index (χ1v) is 4.64. The number of rotatable bonds is 2. The lowest BCUT2D eigenvalue weighted by Gasteiger charge is -1.97. The first-order valence-electron chi connectivity index (χ1n) is 3.84. The molecule has 0 spiro atoms. The van der Waals surface area contributed by atoms with Gasteiger partial charge in [0.2, 0.25) is 6.33 Å². The summed E-state index contributed by atoms with van der Waals surface area (Å²) in [6.07, 6.45) is 4.41. The Morgan fingerprint density at radius 2 is 2.33 bits per heavy atom. The van der Waals surface area contributed by atoms with Crippen LogP contribution in [0.15, 0.2) is 29.3 Å². The molecule has 0 aliphatic heterocycles. The summed E-state index contributed by atoms with van der Waals surface area (Å²) in [6.45, 7) is 0. The molecule has 0 aromatic carbocycles. The molecule has 0 saturated carbocycles. The van der Waals surface area contributed by atoms with Gasteiger partial charge in [0, 0.05) is 17.5 Å². The van der Waals surface area contributed by atoms with Crippen LogP contribution in [0.1, 0.15) is 0 Å². The Hall–Kier alpha value is -1.83. The second-order valence-corrected chi connectivity index (χ2v) is 3.43. The number of aromatic nitrogens is 4. The highest BCUT2D eigenvalue weighted by Crippen LogP contribution is 2.18. The van der Waals surface area contributed by atoms with Crippen molar-refractivity contribution in [1.29, 1.82) is 0 Å². The van der Waals surface area contributed by atoms with Crippen molar-refractivity contribution in [1.82, 2.24) is 19.7 Å². The molecular formula is C7H4BrN5O2. The van der Waals surface area contributed by atoms with Crippen LogP contribution in [0.4, 0.5) is 5.95 Å². The first-order chi connectivity index (χ1) is 7.18. The van der Waals surface area contributed by atoms with Crippen LogP contribution in [0.2, 0.25) is 0 Å². The fourth-order valence-electron chi connectivity index (χ4n) is 1.01. The predicted octanol–water partition coefficient (Wildman–Crippen LogP) is 1.33. The van der Waals surface area contributed by atoms with Gasteiger partial charge in [-0.15, -0.1) is 4.68 Å². The van der Waals surface area contributed by atoms with Crippen molar-refractivity contribution in [3.05, 3.63) is 39.4 Å². The van der Waals surface area contributed by atoms with Gasteiger partial charge in [0.15, 0.2) is 0 Å². The van der Waals surface area contributed by atoms with Crippen molar-refractivity contribution in [2.24, 2.45) is 0 Å². The Kier molecular flexibility index (Phi) is 2.42. The second kappa shape index (κ2) is 3.73. The first kappa shape index (κ1) is 9.71. The molecule has 8 heteroatoms. The van der Waals surface area contributed by atoms with Gasteiger partial charge in [0.1, 0.15) is 5.69 Å². The molecule has 2 aromatic heterocycles. The van der Waals surface area contributed by atoms with Crippen molar-refractivity contribution >= 4 is 21.9 Å². The van der Waals surface area contributed by atoms with Gasteiger partial charge >= 0.3 is 5.95 Å². The molecule has 0 amide bonds. The normalized spacial score (nSPS) is 10.2. The molecule has 15 heavy (non-hydrogen) atoms. The summed E-state index contributed by atoms with van der Waals surface area (Å²) >= 11 is 3.26. The number of pyridine rings is 1. The topological polar surface area (TPSA) is 86.7 Å². The number of hydrogen-bond acceptors (Lipinski definition) is 5. The summed E-state index contributed by atoms with van der Waals surface area (Å²) in [5.41, 5.74) is 0.644. The third-order valence-electron chi connectivity index (χ3n) is 1.64. The highest BCUT2D eigenvalue weighted by molar-refractivity contribution is 9.10. The lowest BCUT2D eigenvalue weighted by molar-refractivity contribution is -0.394. The van der Waals surface area contributed by atoms with E-state index in [0.717, 1.165) is 0 Å². The van der Waals surface area contributed by atoms with E-state index >= 15 is 0 Å². The maximum Gasteiger partial charge on any atom is 0.491 e. The SMILES string of the molecule is O=[N+]([O-])c1ncn(-c2ccncc2Br)n1. The van der Waals surface area contributed by atoms with Crippen molar-refractivity contribution in [3.63, 3.8) is 0 Å². The summed E-state index contributed by atoms with van der Waals surface area (Å²) in [5, 5.41) is 14.1. The number of nitrogens with zero attached hydrogens (tertiary/aromatic N) is 5. The molecule has 76 valence electrons. The Morgan fingerprint density at radius 1 is 1.53 bits per heavy atom. The summed E-state index contributed by atoms with van der Waals surface area (Å²) in [4.78, 5) is 17.1. The summed E-state index contributed by atoms with van der Waals surface area (Å²) in [5.74, 6) is -0.432. The standard InChI is InChI=1S/C7H4BrN5O2/c8-5-3-9-2-1-6(5)12-4-10-7(11-12)13(14)15/h1-4H. The number of halogens is 1. The van der Waals surface area contributed by atoms with Crippen molar-refractivity contribution in [2.45, 2.75) is 0 Å². The average molecular weight is 270 g/mol. The maximum absolute atomic E-state index is 10.4. The highest BCUT2D eigenvalue weighted by Gasteiger charge is 2.15. The van der Waals surface area contributed by atoms with Crippen LogP contribution < -0.4 is 0 Å². The van der Waals surface area contributed by atoms with Crippen LogP contribution in [0.5, 0.6) is 0 Å². The molecule has 0 radical (unpaired) electrons. The van der Waals surface area contributed by atoms with E-state index in [1.54, 1.807) is 18.5 Å².